The number of anilines is 1. The number of phenols is 1. The van der Waals surface area contributed by atoms with Gasteiger partial charge in [-0.15, -0.1) is 0 Å². The molecule has 22 heavy (non-hydrogen) atoms. The summed E-state index contributed by atoms with van der Waals surface area (Å²) < 4.78 is 0. The van der Waals surface area contributed by atoms with Crippen molar-refractivity contribution in [3.8, 4) is 5.75 Å². The van der Waals surface area contributed by atoms with Crippen molar-refractivity contribution in [3.05, 3.63) is 64.2 Å². The first-order valence-electron chi connectivity index (χ1n) is 6.41. The molecule has 2 aromatic carbocycles. The third kappa shape index (κ3) is 5.49. The van der Waals surface area contributed by atoms with Crippen molar-refractivity contribution < 1.29 is 19.9 Å². The number of benzene rings is 2. The lowest BCUT2D eigenvalue weighted by Crippen LogP contribution is -2.06. The fourth-order valence-electron chi connectivity index (χ4n) is 1.82. The van der Waals surface area contributed by atoms with Gasteiger partial charge in [0.05, 0.1) is 4.92 Å². The van der Waals surface area contributed by atoms with Crippen LogP contribution >= 0.6 is 0 Å². The zero-order chi connectivity index (χ0) is 16.4. The van der Waals surface area contributed by atoms with E-state index >= 15 is 0 Å². The summed E-state index contributed by atoms with van der Waals surface area (Å²) in [6, 6.07) is 13.4. The van der Waals surface area contributed by atoms with Gasteiger partial charge in [-0.2, -0.15) is 0 Å². The Balaban J connectivity index is 0.000000745. The van der Waals surface area contributed by atoms with Gasteiger partial charge < -0.3 is 15.5 Å². The molecule has 3 N–H and O–H groups in total. The number of phenolic OH excluding ortho intramolecular Hbond substituents is 1. The summed E-state index contributed by atoms with van der Waals surface area (Å²) in [4.78, 5) is 18.8. The molecule has 7 heteroatoms. The van der Waals surface area contributed by atoms with Crippen LogP contribution in [0.25, 0.3) is 0 Å². The van der Waals surface area contributed by atoms with E-state index in [4.69, 9.17) is 15.0 Å². The largest absolute Gasteiger partial charge is 0.508 e. The summed E-state index contributed by atoms with van der Waals surface area (Å²) in [7, 11) is 0. The van der Waals surface area contributed by atoms with Crippen LogP contribution in [0.1, 0.15) is 5.56 Å². The molecule has 0 saturated carbocycles. The van der Waals surface area contributed by atoms with Crippen LogP contribution in [0.15, 0.2) is 48.5 Å². The lowest BCUT2D eigenvalue weighted by Gasteiger charge is -2.07. The molecule has 0 radical (unpaired) electrons. The van der Waals surface area contributed by atoms with Crippen molar-refractivity contribution in [2.75, 3.05) is 11.9 Å². The van der Waals surface area contributed by atoms with Crippen LogP contribution < -0.4 is 5.32 Å². The van der Waals surface area contributed by atoms with Gasteiger partial charge in [-0.05, 0) is 30.7 Å². The molecule has 116 valence electrons. The highest BCUT2D eigenvalue weighted by atomic mass is 16.6. The van der Waals surface area contributed by atoms with E-state index in [0.29, 0.717) is 18.5 Å². The molecule has 0 aliphatic carbocycles. The normalized spacial score (nSPS) is 9.27. The highest BCUT2D eigenvalue weighted by Gasteiger charge is 2.11. The van der Waals surface area contributed by atoms with Crippen molar-refractivity contribution in [1.29, 1.82) is 0 Å². The minimum atomic E-state index is -0.365. The summed E-state index contributed by atoms with van der Waals surface area (Å²) in [5, 5.41) is 30.0. The van der Waals surface area contributed by atoms with E-state index in [1.54, 1.807) is 42.5 Å². The predicted molar refractivity (Wildman–Crippen MR) is 82.1 cm³/mol. The van der Waals surface area contributed by atoms with Gasteiger partial charge >= 0.3 is 0 Å². The minimum Gasteiger partial charge on any atom is -0.508 e. The Bertz CT molecular complexity index is 614. The van der Waals surface area contributed by atoms with Crippen LogP contribution in [0, 0.1) is 10.1 Å². The Morgan fingerprint density at radius 1 is 1.14 bits per heavy atom. The van der Waals surface area contributed by atoms with E-state index < -0.39 is 0 Å². The van der Waals surface area contributed by atoms with Crippen LogP contribution in [-0.2, 0) is 11.2 Å². The maximum Gasteiger partial charge on any atom is 0.290 e. The van der Waals surface area contributed by atoms with Crippen molar-refractivity contribution in [3.63, 3.8) is 0 Å². The number of nitro groups is 1. The van der Waals surface area contributed by atoms with Crippen molar-refractivity contribution in [1.82, 2.24) is 0 Å². The van der Waals surface area contributed by atoms with Gasteiger partial charge in [0.1, 0.15) is 5.75 Å². The summed E-state index contributed by atoms with van der Waals surface area (Å²) in [6.45, 7) is 0.343. The maximum atomic E-state index is 10.8. The maximum absolute atomic E-state index is 10.8. The molecular weight excluding hydrogens is 288 g/mol. The van der Waals surface area contributed by atoms with Gasteiger partial charge in [-0.3, -0.25) is 14.9 Å². The summed E-state index contributed by atoms with van der Waals surface area (Å²) in [6.07, 6.45) is 0.567. The first kappa shape index (κ1) is 17.0. The van der Waals surface area contributed by atoms with E-state index in [2.05, 4.69) is 5.32 Å². The Hall–Kier alpha value is -3.09. The summed E-state index contributed by atoms with van der Waals surface area (Å²) in [5.41, 5.74) is 1.73. The average Bonchev–Trinajstić information content (AvgIpc) is 2.50. The van der Waals surface area contributed by atoms with E-state index in [1.165, 1.54) is 6.07 Å². The lowest BCUT2D eigenvalue weighted by atomic mass is 10.1. The Morgan fingerprint density at radius 2 is 1.73 bits per heavy atom. The molecule has 0 bridgehead atoms. The number of nitrogens with one attached hydrogen (secondary N) is 1. The zero-order valence-electron chi connectivity index (χ0n) is 11.7. The van der Waals surface area contributed by atoms with Crippen molar-refractivity contribution in [2.45, 2.75) is 6.42 Å². The second kappa shape index (κ2) is 8.96. The number of para-hydroxylation sites is 1. The van der Waals surface area contributed by atoms with Crippen LogP contribution in [-0.4, -0.2) is 28.2 Å². The first-order valence-corrected chi connectivity index (χ1v) is 6.41. The molecule has 2 aromatic rings. The summed E-state index contributed by atoms with van der Waals surface area (Å²) >= 11 is 0. The van der Waals surface area contributed by atoms with Gasteiger partial charge in [0.15, 0.2) is 0 Å². The van der Waals surface area contributed by atoms with Crippen molar-refractivity contribution in [2.24, 2.45) is 0 Å². The number of hydrogen-bond donors (Lipinski definition) is 3. The SMILES string of the molecule is O=CO.O=[N+]([O-])c1ccccc1CCNc1ccc(O)cc1. The fraction of sp³-hybridized carbons (Fsp3) is 0.133. The quantitative estimate of drug-likeness (QED) is 0.339. The number of nitrogens with zero attached hydrogens (tertiary/aromatic N) is 1. The molecule has 0 spiro atoms. The number of rotatable bonds is 5. The molecule has 2 rings (SSSR count). The second-order valence-corrected chi connectivity index (χ2v) is 4.21. The van der Waals surface area contributed by atoms with E-state index in [-0.39, 0.29) is 22.8 Å². The molecule has 0 fully saturated rings. The molecule has 0 unspecified atom stereocenters. The smallest absolute Gasteiger partial charge is 0.290 e. The number of carbonyl (C=O) groups is 1. The van der Waals surface area contributed by atoms with Crippen LogP contribution in [0.5, 0.6) is 5.75 Å². The van der Waals surface area contributed by atoms with Crippen LogP contribution in [0.3, 0.4) is 0 Å². The molecule has 0 heterocycles. The fourth-order valence-corrected chi connectivity index (χ4v) is 1.82. The Labute approximate surface area is 127 Å². The molecule has 0 atom stereocenters. The van der Waals surface area contributed by atoms with Gasteiger partial charge in [0, 0.05) is 23.9 Å². The number of hydrogen-bond acceptors (Lipinski definition) is 5. The average molecular weight is 304 g/mol. The third-order valence-corrected chi connectivity index (χ3v) is 2.78. The first-order chi connectivity index (χ1) is 10.6. The molecule has 0 amide bonds. The second-order valence-electron chi connectivity index (χ2n) is 4.21. The van der Waals surface area contributed by atoms with E-state index in [9.17, 15) is 10.1 Å². The molecule has 0 aliphatic rings. The third-order valence-electron chi connectivity index (χ3n) is 2.78. The Morgan fingerprint density at radius 3 is 2.32 bits per heavy atom. The van der Waals surface area contributed by atoms with E-state index in [0.717, 1.165) is 5.69 Å². The monoisotopic (exact) mass is 304 g/mol. The van der Waals surface area contributed by atoms with Gasteiger partial charge in [0.2, 0.25) is 0 Å². The molecule has 7 nitrogen and oxygen atoms in total. The molecule has 0 aliphatic heterocycles. The highest BCUT2D eigenvalue weighted by Crippen LogP contribution is 2.18. The van der Waals surface area contributed by atoms with Crippen LogP contribution in [0.4, 0.5) is 11.4 Å². The van der Waals surface area contributed by atoms with Crippen LogP contribution in [0.2, 0.25) is 0 Å². The van der Waals surface area contributed by atoms with E-state index in [1.807, 2.05) is 0 Å². The Kier molecular flexibility index (Phi) is 6.91. The predicted octanol–water partition coefficient (Wildman–Crippen LogP) is 2.66. The van der Waals surface area contributed by atoms with Gasteiger partial charge in [-0.1, -0.05) is 18.2 Å². The molecule has 0 aromatic heterocycles. The molecular formula is C15H16N2O5. The number of nitro benzene ring substituents is 1. The summed E-state index contributed by atoms with van der Waals surface area (Å²) in [5.74, 6) is 0.212. The lowest BCUT2D eigenvalue weighted by molar-refractivity contribution is -0.385. The highest BCUT2D eigenvalue weighted by molar-refractivity contribution is 5.46. The topological polar surface area (TPSA) is 113 Å². The number of aromatic hydroxyl groups is 1. The van der Waals surface area contributed by atoms with Gasteiger partial charge in [-0.25, -0.2) is 0 Å². The zero-order valence-corrected chi connectivity index (χ0v) is 11.7. The molecule has 0 saturated heterocycles. The standard InChI is InChI=1S/C14H14N2O3.CH2O2/c17-13-7-5-12(6-8-13)15-10-9-11-3-1-2-4-14(11)16(18)19;2-1-3/h1-8,15,17H,9-10H2;1H,(H,2,3). The minimum absolute atomic E-state index is 0.148. The van der Waals surface area contributed by atoms with Gasteiger partial charge in [0.25, 0.3) is 12.2 Å². The van der Waals surface area contributed by atoms with Crippen molar-refractivity contribution >= 4 is 17.8 Å². The number of carboxylic acid groups (broad SMARTS) is 1.